The summed E-state index contributed by atoms with van der Waals surface area (Å²) in [6.45, 7) is 5.01. The summed E-state index contributed by atoms with van der Waals surface area (Å²) in [5.74, 6) is 1.31. The van der Waals surface area contributed by atoms with E-state index < -0.39 is 0 Å². The van der Waals surface area contributed by atoms with Gasteiger partial charge in [-0.3, -0.25) is 4.79 Å². The molecule has 0 spiro atoms. The molecule has 0 saturated carbocycles. The topological polar surface area (TPSA) is 54.9 Å². The van der Waals surface area contributed by atoms with Gasteiger partial charge in [-0.05, 0) is 42.2 Å². The van der Waals surface area contributed by atoms with Gasteiger partial charge in [0.05, 0.1) is 5.69 Å². The first-order valence-electron chi connectivity index (χ1n) is 9.51. The SMILES string of the molecule is CC(C)CCNC(=O)c1cccc(CSc2ccc(-c3ccccc3)nn2)c1. The fourth-order valence-corrected chi connectivity index (χ4v) is 3.45. The zero-order chi connectivity index (χ0) is 19.8. The third-order valence-electron chi connectivity index (χ3n) is 4.29. The molecule has 1 aromatic heterocycles. The van der Waals surface area contributed by atoms with Crippen LogP contribution in [0.4, 0.5) is 0 Å². The van der Waals surface area contributed by atoms with Gasteiger partial charge < -0.3 is 5.32 Å². The normalized spacial score (nSPS) is 10.8. The highest BCUT2D eigenvalue weighted by Gasteiger charge is 2.07. The van der Waals surface area contributed by atoms with Crippen LogP contribution in [-0.4, -0.2) is 22.6 Å². The van der Waals surface area contributed by atoms with Gasteiger partial charge in [-0.1, -0.05) is 68.1 Å². The van der Waals surface area contributed by atoms with E-state index in [1.54, 1.807) is 11.8 Å². The van der Waals surface area contributed by atoms with E-state index in [2.05, 4.69) is 29.4 Å². The Morgan fingerprint density at radius 2 is 1.82 bits per heavy atom. The van der Waals surface area contributed by atoms with Gasteiger partial charge in [-0.25, -0.2) is 0 Å². The maximum absolute atomic E-state index is 12.3. The lowest BCUT2D eigenvalue weighted by Crippen LogP contribution is -2.25. The quantitative estimate of drug-likeness (QED) is 0.536. The molecule has 0 atom stereocenters. The zero-order valence-electron chi connectivity index (χ0n) is 16.3. The van der Waals surface area contributed by atoms with E-state index in [1.165, 1.54) is 0 Å². The predicted octanol–water partition coefficient (Wildman–Crippen LogP) is 5.21. The van der Waals surface area contributed by atoms with Crippen LogP contribution in [0.2, 0.25) is 0 Å². The Morgan fingerprint density at radius 1 is 1.00 bits per heavy atom. The van der Waals surface area contributed by atoms with Crippen LogP contribution in [-0.2, 0) is 5.75 Å². The van der Waals surface area contributed by atoms with Crippen molar-refractivity contribution >= 4 is 17.7 Å². The van der Waals surface area contributed by atoms with Gasteiger partial charge in [-0.2, -0.15) is 0 Å². The molecule has 4 nitrogen and oxygen atoms in total. The highest BCUT2D eigenvalue weighted by molar-refractivity contribution is 7.98. The first-order valence-corrected chi connectivity index (χ1v) is 10.5. The molecule has 3 aromatic rings. The van der Waals surface area contributed by atoms with Crippen LogP contribution in [0, 0.1) is 5.92 Å². The van der Waals surface area contributed by atoms with Crippen molar-refractivity contribution in [2.75, 3.05) is 6.54 Å². The van der Waals surface area contributed by atoms with Gasteiger partial charge in [0.25, 0.3) is 5.91 Å². The number of amides is 1. The Bertz CT molecular complexity index is 895. The Balaban J connectivity index is 1.56. The Labute approximate surface area is 170 Å². The second-order valence-electron chi connectivity index (χ2n) is 7.05. The third kappa shape index (κ3) is 5.92. The second-order valence-corrected chi connectivity index (χ2v) is 8.05. The summed E-state index contributed by atoms with van der Waals surface area (Å²) in [7, 11) is 0. The molecule has 2 aromatic carbocycles. The van der Waals surface area contributed by atoms with E-state index in [0.717, 1.165) is 34.0 Å². The van der Waals surface area contributed by atoms with E-state index in [9.17, 15) is 4.79 Å². The molecular weight excluding hydrogens is 366 g/mol. The number of benzene rings is 2. The van der Waals surface area contributed by atoms with E-state index in [0.29, 0.717) is 18.0 Å². The van der Waals surface area contributed by atoms with Crippen LogP contribution in [0.15, 0.2) is 71.8 Å². The van der Waals surface area contributed by atoms with Gasteiger partial charge >= 0.3 is 0 Å². The second kappa shape index (κ2) is 10.0. The highest BCUT2D eigenvalue weighted by atomic mass is 32.2. The number of hydrogen-bond donors (Lipinski definition) is 1. The lowest BCUT2D eigenvalue weighted by atomic mass is 10.1. The molecule has 144 valence electrons. The third-order valence-corrected chi connectivity index (χ3v) is 5.28. The minimum absolute atomic E-state index is 0.0143. The number of aromatic nitrogens is 2. The molecule has 0 fully saturated rings. The Hall–Kier alpha value is -2.66. The Morgan fingerprint density at radius 3 is 2.54 bits per heavy atom. The molecular formula is C23H25N3OS. The monoisotopic (exact) mass is 391 g/mol. The van der Waals surface area contributed by atoms with Gasteiger partial charge in [0.2, 0.25) is 0 Å². The van der Waals surface area contributed by atoms with E-state index in [-0.39, 0.29) is 5.91 Å². The van der Waals surface area contributed by atoms with Crippen molar-refractivity contribution in [3.63, 3.8) is 0 Å². The molecule has 0 radical (unpaired) electrons. The van der Waals surface area contributed by atoms with Crippen LogP contribution in [0.1, 0.15) is 36.2 Å². The first-order chi connectivity index (χ1) is 13.6. The lowest BCUT2D eigenvalue weighted by molar-refractivity contribution is 0.0952. The number of thioether (sulfide) groups is 1. The maximum atomic E-state index is 12.3. The van der Waals surface area contributed by atoms with Crippen molar-refractivity contribution in [3.8, 4) is 11.3 Å². The van der Waals surface area contributed by atoms with Gasteiger partial charge in [-0.15, -0.1) is 10.2 Å². The molecule has 1 amide bonds. The van der Waals surface area contributed by atoms with Gasteiger partial charge in [0.15, 0.2) is 0 Å². The number of nitrogens with one attached hydrogen (secondary N) is 1. The average molecular weight is 392 g/mol. The number of carbonyl (C=O) groups is 1. The number of carbonyl (C=O) groups excluding carboxylic acids is 1. The summed E-state index contributed by atoms with van der Waals surface area (Å²) in [6, 6.07) is 21.8. The lowest BCUT2D eigenvalue weighted by Gasteiger charge is -2.08. The molecule has 0 aliphatic rings. The van der Waals surface area contributed by atoms with Crippen LogP contribution in [0.3, 0.4) is 0 Å². The molecule has 0 bridgehead atoms. The van der Waals surface area contributed by atoms with E-state index >= 15 is 0 Å². The molecule has 1 heterocycles. The molecule has 0 saturated heterocycles. The number of hydrogen-bond acceptors (Lipinski definition) is 4. The summed E-state index contributed by atoms with van der Waals surface area (Å²) in [5.41, 5.74) is 3.72. The molecule has 3 rings (SSSR count). The largest absolute Gasteiger partial charge is 0.352 e. The summed E-state index contributed by atoms with van der Waals surface area (Å²) in [6.07, 6.45) is 0.985. The fraction of sp³-hybridized carbons (Fsp3) is 0.261. The van der Waals surface area contributed by atoms with Crippen molar-refractivity contribution in [1.29, 1.82) is 0 Å². The highest BCUT2D eigenvalue weighted by Crippen LogP contribution is 2.23. The predicted molar refractivity (Wildman–Crippen MR) is 115 cm³/mol. The molecule has 0 unspecified atom stereocenters. The van der Waals surface area contributed by atoms with Gasteiger partial charge in [0, 0.05) is 23.4 Å². The summed E-state index contributed by atoms with van der Waals surface area (Å²) >= 11 is 1.61. The van der Waals surface area contributed by atoms with E-state index in [4.69, 9.17) is 0 Å². The first kappa shape index (κ1) is 20.1. The minimum atomic E-state index is -0.0143. The molecule has 28 heavy (non-hydrogen) atoms. The van der Waals surface area contributed by atoms with Crippen molar-refractivity contribution in [2.45, 2.75) is 31.0 Å². The van der Waals surface area contributed by atoms with Crippen LogP contribution < -0.4 is 5.32 Å². The smallest absolute Gasteiger partial charge is 0.251 e. The van der Waals surface area contributed by atoms with Crippen molar-refractivity contribution in [1.82, 2.24) is 15.5 Å². The standard InChI is InChI=1S/C23H25N3OS/c1-17(2)13-14-24-23(27)20-10-6-7-18(15-20)16-28-22-12-11-21(25-26-22)19-8-4-3-5-9-19/h3-12,15,17H,13-14,16H2,1-2H3,(H,24,27). The number of rotatable bonds is 8. The summed E-state index contributed by atoms with van der Waals surface area (Å²) in [5, 5.41) is 12.5. The van der Waals surface area contributed by atoms with Crippen molar-refractivity contribution < 1.29 is 4.79 Å². The van der Waals surface area contributed by atoms with Crippen LogP contribution >= 0.6 is 11.8 Å². The average Bonchev–Trinajstić information content (AvgIpc) is 2.73. The molecule has 1 N–H and O–H groups in total. The fourth-order valence-electron chi connectivity index (χ4n) is 2.70. The summed E-state index contributed by atoms with van der Waals surface area (Å²) < 4.78 is 0. The van der Waals surface area contributed by atoms with E-state index in [1.807, 2.05) is 66.7 Å². The summed E-state index contributed by atoms with van der Waals surface area (Å²) in [4.78, 5) is 12.3. The maximum Gasteiger partial charge on any atom is 0.251 e. The zero-order valence-corrected chi connectivity index (χ0v) is 17.1. The molecule has 0 aliphatic heterocycles. The molecule has 0 aliphatic carbocycles. The molecule has 5 heteroatoms. The van der Waals surface area contributed by atoms with Crippen LogP contribution in [0.5, 0.6) is 0 Å². The van der Waals surface area contributed by atoms with Gasteiger partial charge in [0.1, 0.15) is 5.03 Å². The minimum Gasteiger partial charge on any atom is -0.352 e. The Kier molecular flexibility index (Phi) is 7.20. The number of nitrogens with zero attached hydrogens (tertiary/aromatic N) is 2. The van der Waals surface area contributed by atoms with Crippen LogP contribution in [0.25, 0.3) is 11.3 Å². The van der Waals surface area contributed by atoms with Crippen molar-refractivity contribution in [3.05, 3.63) is 77.9 Å². The van der Waals surface area contributed by atoms with Crippen molar-refractivity contribution in [2.24, 2.45) is 5.92 Å².